The topological polar surface area (TPSA) is 81.1 Å². The standard InChI is InChI=1S/C24H26FN5O2/c1-16-4-7-19(10-13-32-21-9-6-18(25)14-28-21)30(15-16)24(31)22-20(8-5-17(2)29-22)23-26-11-3-12-27-23/h3,5-6,8-9,11-12,14,16,19H,4,7,10,13,15H2,1-2H3. The van der Waals surface area contributed by atoms with Gasteiger partial charge >= 0.3 is 0 Å². The molecule has 1 amide bonds. The van der Waals surface area contributed by atoms with Crippen LogP contribution >= 0.6 is 0 Å². The van der Waals surface area contributed by atoms with Crippen molar-refractivity contribution in [3.8, 4) is 17.3 Å². The number of aromatic nitrogens is 4. The van der Waals surface area contributed by atoms with Gasteiger partial charge in [-0.15, -0.1) is 0 Å². The summed E-state index contributed by atoms with van der Waals surface area (Å²) in [5, 5.41) is 0. The molecule has 1 aliphatic heterocycles. The van der Waals surface area contributed by atoms with E-state index in [0.717, 1.165) is 24.7 Å². The van der Waals surface area contributed by atoms with Gasteiger partial charge < -0.3 is 9.64 Å². The third-order valence-electron chi connectivity index (χ3n) is 5.65. The summed E-state index contributed by atoms with van der Waals surface area (Å²) in [6.07, 6.45) is 7.02. The molecule has 2 atom stereocenters. The summed E-state index contributed by atoms with van der Waals surface area (Å²) in [7, 11) is 0. The van der Waals surface area contributed by atoms with Crippen molar-refractivity contribution < 1.29 is 13.9 Å². The zero-order valence-corrected chi connectivity index (χ0v) is 18.2. The molecule has 0 aromatic carbocycles. The fraction of sp³-hybridized carbons (Fsp3) is 0.375. The lowest BCUT2D eigenvalue weighted by atomic mass is 9.92. The van der Waals surface area contributed by atoms with Crippen molar-refractivity contribution in [3.63, 3.8) is 0 Å². The summed E-state index contributed by atoms with van der Waals surface area (Å²) in [6.45, 7) is 5.06. The molecule has 1 saturated heterocycles. The second-order valence-corrected chi connectivity index (χ2v) is 8.17. The quantitative estimate of drug-likeness (QED) is 0.580. The Labute approximate surface area is 186 Å². The number of hydrogen-bond donors (Lipinski definition) is 0. The van der Waals surface area contributed by atoms with E-state index in [1.807, 2.05) is 24.0 Å². The lowest BCUT2D eigenvalue weighted by Crippen LogP contribution is -2.47. The minimum absolute atomic E-state index is 0.0194. The molecule has 4 heterocycles. The van der Waals surface area contributed by atoms with E-state index in [1.165, 1.54) is 12.1 Å². The van der Waals surface area contributed by atoms with Crippen LogP contribution in [0.4, 0.5) is 4.39 Å². The number of aryl methyl sites for hydroxylation is 1. The summed E-state index contributed by atoms with van der Waals surface area (Å²) in [5.41, 5.74) is 1.77. The third-order valence-corrected chi connectivity index (χ3v) is 5.65. The summed E-state index contributed by atoms with van der Waals surface area (Å²) in [4.78, 5) is 32.7. The number of hydrogen-bond acceptors (Lipinski definition) is 6. The molecule has 3 aromatic heterocycles. The SMILES string of the molecule is Cc1ccc(-c2ncccn2)c(C(=O)N2CC(C)CCC2CCOc2ccc(F)cn2)n1. The van der Waals surface area contributed by atoms with Gasteiger partial charge in [-0.3, -0.25) is 4.79 Å². The molecule has 1 fully saturated rings. The molecule has 166 valence electrons. The maximum absolute atomic E-state index is 13.7. The van der Waals surface area contributed by atoms with Gasteiger partial charge in [0.2, 0.25) is 5.88 Å². The summed E-state index contributed by atoms with van der Waals surface area (Å²) < 4.78 is 18.7. The molecule has 3 aromatic rings. The number of carbonyl (C=O) groups is 1. The highest BCUT2D eigenvalue weighted by Gasteiger charge is 2.32. The zero-order valence-electron chi connectivity index (χ0n) is 18.2. The normalized spacial score (nSPS) is 18.4. The van der Waals surface area contributed by atoms with Crippen LogP contribution in [0.15, 0.2) is 48.9 Å². The molecule has 8 heteroatoms. The maximum Gasteiger partial charge on any atom is 0.273 e. The van der Waals surface area contributed by atoms with Gasteiger partial charge in [0, 0.05) is 43.2 Å². The molecule has 0 spiro atoms. The van der Waals surface area contributed by atoms with Crippen LogP contribution in [0.3, 0.4) is 0 Å². The van der Waals surface area contributed by atoms with Crippen LogP contribution in [0.1, 0.15) is 42.4 Å². The largest absolute Gasteiger partial charge is 0.478 e. The molecular weight excluding hydrogens is 409 g/mol. The lowest BCUT2D eigenvalue weighted by molar-refractivity contribution is 0.0502. The van der Waals surface area contributed by atoms with Gasteiger partial charge in [0.25, 0.3) is 5.91 Å². The molecule has 2 unspecified atom stereocenters. The average molecular weight is 436 g/mol. The van der Waals surface area contributed by atoms with E-state index >= 15 is 0 Å². The number of rotatable bonds is 6. The van der Waals surface area contributed by atoms with Gasteiger partial charge in [0.1, 0.15) is 11.5 Å². The minimum atomic E-state index is -0.403. The molecule has 1 aliphatic rings. The second kappa shape index (κ2) is 9.80. The summed E-state index contributed by atoms with van der Waals surface area (Å²) in [6, 6.07) is 8.30. The Bertz CT molecular complexity index is 1060. The number of piperidine rings is 1. The summed E-state index contributed by atoms with van der Waals surface area (Å²) >= 11 is 0. The second-order valence-electron chi connectivity index (χ2n) is 8.17. The third kappa shape index (κ3) is 5.07. The Morgan fingerprint density at radius 3 is 2.72 bits per heavy atom. The Balaban J connectivity index is 1.54. The van der Waals surface area contributed by atoms with E-state index in [-0.39, 0.29) is 11.9 Å². The summed E-state index contributed by atoms with van der Waals surface area (Å²) in [5.74, 6) is 0.732. The van der Waals surface area contributed by atoms with Crippen molar-refractivity contribution in [2.75, 3.05) is 13.2 Å². The molecular formula is C24H26FN5O2. The van der Waals surface area contributed by atoms with E-state index in [9.17, 15) is 9.18 Å². The van der Waals surface area contributed by atoms with E-state index < -0.39 is 5.82 Å². The van der Waals surface area contributed by atoms with Gasteiger partial charge in [-0.25, -0.2) is 24.3 Å². The van der Waals surface area contributed by atoms with Crippen LogP contribution in [0, 0.1) is 18.7 Å². The molecule has 0 N–H and O–H groups in total. The molecule has 0 radical (unpaired) electrons. The maximum atomic E-state index is 13.7. The molecule has 32 heavy (non-hydrogen) atoms. The number of likely N-dealkylation sites (tertiary alicyclic amines) is 1. The van der Waals surface area contributed by atoms with E-state index in [4.69, 9.17) is 4.74 Å². The average Bonchev–Trinajstić information content (AvgIpc) is 2.81. The van der Waals surface area contributed by atoms with Gasteiger partial charge in [0.05, 0.1) is 18.4 Å². The Morgan fingerprint density at radius 1 is 1.16 bits per heavy atom. The van der Waals surface area contributed by atoms with Crippen LogP contribution in [0.5, 0.6) is 5.88 Å². The van der Waals surface area contributed by atoms with Crippen LogP contribution < -0.4 is 4.74 Å². The number of carbonyl (C=O) groups excluding carboxylic acids is 1. The van der Waals surface area contributed by atoms with Gasteiger partial charge in [-0.1, -0.05) is 6.92 Å². The highest BCUT2D eigenvalue weighted by Crippen LogP contribution is 2.28. The fourth-order valence-electron chi connectivity index (χ4n) is 3.98. The Kier molecular flexibility index (Phi) is 6.68. The van der Waals surface area contributed by atoms with Crippen molar-refractivity contribution >= 4 is 5.91 Å². The van der Waals surface area contributed by atoms with Crippen molar-refractivity contribution in [1.29, 1.82) is 0 Å². The van der Waals surface area contributed by atoms with Crippen LogP contribution in [-0.2, 0) is 0 Å². The predicted molar refractivity (Wildman–Crippen MR) is 118 cm³/mol. The first-order chi connectivity index (χ1) is 15.5. The predicted octanol–water partition coefficient (Wildman–Crippen LogP) is 4.09. The lowest BCUT2D eigenvalue weighted by Gasteiger charge is -2.38. The van der Waals surface area contributed by atoms with E-state index in [2.05, 4.69) is 26.9 Å². The van der Waals surface area contributed by atoms with Crippen LogP contribution in [0.2, 0.25) is 0 Å². The first-order valence-corrected chi connectivity index (χ1v) is 10.8. The zero-order chi connectivity index (χ0) is 22.5. The van der Waals surface area contributed by atoms with Gasteiger partial charge in [-0.2, -0.15) is 0 Å². The first-order valence-electron chi connectivity index (χ1n) is 10.8. The highest BCUT2D eigenvalue weighted by atomic mass is 19.1. The number of amides is 1. The van der Waals surface area contributed by atoms with E-state index in [1.54, 1.807) is 18.5 Å². The highest BCUT2D eigenvalue weighted by molar-refractivity contribution is 5.98. The number of nitrogens with zero attached hydrogens (tertiary/aromatic N) is 5. The van der Waals surface area contributed by atoms with E-state index in [0.29, 0.717) is 48.5 Å². The van der Waals surface area contributed by atoms with Crippen molar-refractivity contribution in [3.05, 3.63) is 66.1 Å². The molecule has 0 aliphatic carbocycles. The van der Waals surface area contributed by atoms with Crippen LogP contribution in [-0.4, -0.2) is 49.9 Å². The molecule has 7 nitrogen and oxygen atoms in total. The van der Waals surface area contributed by atoms with Crippen molar-refractivity contribution in [2.45, 2.75) is 39.2 Å². The molecule has 0 saturated carbocycles. The smallest absolute Gasteiger partial charge is 0.273 e. The Hall–Kier alpha value is -3.42. The van der Waals surface area contributed by atoms with Gasteiger partial charge in [0.15, 0.2) is 5.82 Å². The molecule has 4 rings (SSSR count). The monoisotopic (exact) mass is 435 g/mol. The molecule has 0 bridgehead atoms. The van der Waals surface area contributed by atoms with Crippen molar-refractivity contribution in [1.82, 2.24) is 24.8 Å². The fourth-order valence-corrected chi connectivity index (χ4v) is 3.98. The number of halogens is 1. The number of ether oxygens (including phenoxy) is 1. The van der Waals surface area contributed by atoms with Crippen molar-refractivity contribution in [2.24, 2.45) is 5.92 Å². The van der Waals surface area contributed by atoms with Gasteiger partial charge in [-0.05, 0) is 49.9 Å². The Morgan fingerprint density at radius 2 is 1.97 bits per heavy atom. The number of pyridine rings is 2. The van der Waals surface area contributed by atoms with Crippen LogP contribution in [0.25, 0.3) is 11.4 Å². The minimum Gasteiger partial charge on any atom is -0.478 e. The first kappa shape index (κ1) is 21.8.